The quantitative estimate of drug-likeness (QED) is 0.848. The van der Waals surface area contributed by atoms with E-state index in [1.54, 1.807) is 0 Å². The number of hydrogen-bond acceptors (Lipinski definition) is 2. The first kappa shape index (κ1) is 12.1. The molecule has 0 atom stereocenters. The van der Waals surface area contributed by atoms with Crippen molar-refractivity contribution in [3.8, 4) is 0 Å². The lowest BCUT2D eigenvalue weighted by Crippen LogP contribution is -2.31. The smallest absolute Gasteiger partial charge is 0.133 e. The van der Waals surface area contributed by atoms with Crippen molar-refractivity contribution in [1.29, 1.82) is 0 Å². The van der Waals surface area contributed by atoms with Crippen LogP contribution in [0.5, 0.6) is 0 Å². The Morgan fingerprint density at radius 1 is 1.29 bits per heavy atom. The third kappa shape index (κ3) is 3.27. The van der Waals surface area contributed by atoms with Gasteiger partial charge >= 0.3 is 0 Å². The van der Waals surface area contributed by atoms with Gasteiger partial charge in [0.15, 0.2) is 0 Å². The fraction of sp³-hybridized carbons (Fsp3) is 0.400. The van der Waals surface area contributed by atoms with E-state index in [1.165, 1.54) is 5.56 Å². The van der Waals surface area contributed by atoms with Crippen molar-refractivity contribution < 1.29 is 9.90 Å². The van der Waals surface area contributed by atoms with E-state index in [2.05, 4.69) is 6.07 Å². The van der Waals surface area contributed by atoms with Crippen LogP contribution in [0, 0.1) is 6.92 Å². The molecular formula is C15H18O2. The van der Waals surface area contributed by atoms with Crippen LogP contribution < -0.4 is 0 Å². The fourth-order valence-corrected chi connectivity index (χ4v) is 2.15. The van der Waals surface area contributed by atoms with Crippen molar-refractivity contribution in [2.75, 3.05) is 0 Å². The molecule has 90 valence electrons. The Hall–Kier alpha value is -1.41. The number of Topliss-reactive ketones (excluding diaryl/α,β-unsaturated/α-hetero) is 1. The van der Waals surface area contributed by atoms with Crippen molar-refractivity contribution >= 4 is 11.9 Å². The van der Waals surface area contributed by atoms with Crippen molar-refractivity contribution in [3.05, 3.63) is 41.5 Å². The Morgan fingerprint density at radius 3 is 2.65 bits per heavy atom. The lowest BCUT2D eigenvalue weighted by atomic mass is 9.83. The summed E-state index contributed by atoms with van der Waals surface area (Å²) in [5.41, 5.74) is 1.51. The summed E-state index contributed by atoms with van der Waals surface area (Å²) in [4.78, 5) is 11.1. The molecule has 0 aromatic heterocycles. The molecule has 0 saturated heterocycles. The summed E-state index contributed by atoms with van der Waals surface area (Å²) >= 11 is 0. The molecule has 1 saturated carbocycles. The van der Waals surface area contributed by atoms with Gasteiger partial charge in [-0.25, -0.2) is 0 Å². The Kier molecular flexibility index (Phi) is 3.43. The van der Waals surface area contributed by atoms with Crippen LogP contribution in [-0.4, -0.2) is 16.5 Å². The highest BCUT2D eigenvalue weighted by atomic mass is 16.3. The van der Waals surface area contributed by atoms with E-state index >= 15 is 0 Å². The summed E-state index contributed by atoms with van der Waals surface area (Å²) in [5, 5.41) is 10.3. The first-order chi connectivity index (χ1) is 8.07. The number of carbonyl (C=O) groups excluding carboxylic acids is 1. The first-order valence-electron chi connectivity index (χ1n) is 6.07. The SMILES string of the molecule is Cc1cccc(/C=C/C2(O)CCC(=O)CC2)c1. The van der Waals surface area contributed by atoms with Crippen molar-refractivity contribution in [2.45, 2.75) is 38.2 Å². The second-order valence-corrected chi connectivity index (χ2v) is 4.89. The van der Waals surface area contributed by atoms with Gasteiger partial charge in [-0.3, -0.25) is 4.79 Å². The van der Waals surface area contributed by atoms with Gasteiger partial charge in [0, 0.05) is 12.8 Å². The number of hydrogen-bond donors (Lipinski definition) is 1. The highest BCUT2D eigenvalue weighted by molar-refractivity contribution is 5.79. The van der Waals surface area contributed by atoms with E-state index in [-0.39, 0.29) is 5.78 Å². The predicted octanol–water partition coefficient (Wildman–Crippen LogP) is 2.88. The van der Waals surface area contributed by atoms with Gasteiger partial charge in [0.25, 0.3) is 0 Å². The molecule has 17 heavy (non-hydrogen) atoms. The number of rotatable bonds is 2. The molecule has 0 spiro atoms. The highest BCUT2D eigenvalue weighted by Gasteiger charge is 2.29. The maximum absolute atomic E-state index is 11.1. The summed E-state index contributed by atoms with van der Waals surface area (Å²) < 4.78 is 0. The molecule has 0 aliphatic heterocycles. The van der Waals surface area contributed by atoms with Crippen molar-refractivity contribution in [3.63, 3.8) is 0 Å². The van der Waals surface area contributed by atoms with Crippen molar-refractivity contribution in [2.24, 2.45) is 0 Å². The molecule has 1 fully saturated rings. The number of aryl methyl sites for hydroxylation is 1. The summed E-state index contributed by atoms with van der Waals surface area (Å²) in [7, 11) is 0. The monoisotopic (exact) mass is 230 g/mol. The Labute approximate surface area is 102 Å². The Balaban J connectivity index is 2.07. The number of benzene rings is 1. The summed E-state index contributed by atoms with van der Waals surface area (Å²) in [6.45, 7) is 2.05. The lowest BCUT2D eigenvalue weighted by Gasteiger charge is -2.28. The zero-order chi connectivity index (χ0) is 12.3. The van der Waals surface area contributed by atoms with Gasteiger partial charge in [0.2, 0.25) is 0 Å². The standard InChI is InChI=1S/C15H18O2/c1-12-3-2-4-13(11-12)5-8-15(17)9-6-14(16)7-10-15/h2-5,8,11,17H,6-7,9-10H2,1H3/b8-5+. The van der Waals surface area contributed by atoms with Gasteiger partial charge in [-0.2, -0.15) is 0 Å². The van der Waals surface area contributed by atoms with E-state index < -0.39 is 5.60 Å². The second-order valence-electron chi connectivity index (χ2n) is 4.89. The maximum Gasteiger partial charge on any atom is 0.133 e. The van der Waals surface area contributed by atoms with E-state index in [1.807, 2.05) is 37.3 Å². The topological polar surface area (TPSA) is 37.3 Å². The minimum absolute atomic E-state index is 0.263. The van der Waals surface area contributed by atoms with Crippen molar-refractivity contribution in [1.82, 2.24) is 0 Å². The number of ketones is 1. The van der Waals surface area contributed by atoms with Crippen LogP contribution in [0.1, 0.15) is 36.8 Å². The van der Waals surface area contributed by atoms with Gasteiger partial charge < -0.3 is 5.11 Å². The van der Waals surface area contributed by atoms with E-state index in [9.17, 15) is 9.90 Å². The summed E-state index contributed by atoms with van der Waals surface area (Å²) in [6, 6.07) is 8.14. The minimum atomic E-state index is -0.794. The molecule has 1 aromatic carbocycles. The van der Waals surface area contributed by atoms with Gasteiger partial charge in [-0.05, 0) is 25.3 Å². The van der Waals surface area contributed by atoms with Gasteiger partial charge in [0.05, 0.1) is 5.60 Å². The summed E-state index contributed by atoms with van der Waals surface area (Å²) in [5.74, 6) is 0.263. The summed E-state index contributed by atoms with van der Waals surface area (Å²) in [6.07, 6.45) is 5.88. The minimum Gasteiger partial charge on any atom is -0.386 e. The Bertz CT molecular complexity index is 436. The number of aliphatic hydroxyl groups is 1. The van der Waals surface area contributed by atoms with Crippen LogP contribution in [0.2, 0.25) is 0 Å². The van der Waals surface area contributed by atoms with Crippen LogP contribution in [-0.2, 0) is 4.79 Å². The zero-order valence-corrected chi connectivity index (χ0v) is 10.1. The molecule has 2 heteroatoms. The largest absolute Gasteiger partial charge is 0.386 e. The van der Waals surface area contributed by atoms with E-state index in [4.69, 9.17) is 0 Å². The van der Waals surface area contributed by atoms with Crippen LogP contribution in [0.4, 0.5) is 0 Å². The second kappa shape index (κ2) is 4.84. The lowest BCUT2D eigenvalue weighted by molar-refractivity contribution is -0.123. The molecule has 1 aliphatic carbocycles. The third-order valence-corrected chi connectivity index (χ3v) is 3.30. The fourth-order valence-electron chi connectivity index (χ4n) is 2.15. The van der Waals surface area contributed by atoms with E-state index in [0.717, 1.165) is 5.56 Å². The highest BCUT2D eigenvalue weighted by Crippen LogP contribution is 2.28. The average molecular weight is 230 g/mol. The zero-order valence-electron chi connectivity index (χ0n) is 10.1. The van der Waals surface area contributed by atoms with Crippen LogP contribution >= 0.6 is 0 Å². The molecule has 1 aliphatic rings. The maximum atomic E-state index is 11.1. The van der Waals surface area contributed by atoms with Crippen LogP contribution in [0.15, 0.2) is 30.3 Å². The normalized spacial score (nSPS) is 19.8. The average Bonchev–Trinajstić information content (AvgIpc) is 2.31. The number of carbonyl (C=O) groups is 1. The molecule has 0 amide bonds. The molecule has 0 heterocycles. The van der Waals surface area contributed by atoms with Crippen LogP contribution in [0.3, 0.4) is 0 Å². The molecule has 0 unspecified atom stereocenters. The molecule has 2 nitrogen and oxygen atoms in total. The molecule has 0 bridgehead atoms. The molecule has 1 N–H and O–H groups in total. The van der Waals surface area contributed by atoms with Gasteiger partial charge in [0.1, 0.15) is 5.78 Å². The van der Waals surface area contributed by atoms with Gasteiger partial charge in [-0.15, -0.1) is 0 Å². The molecule has 1 aromatic rings. The van der Waals surface area contributed by atoms with Crippen LogP contribution in [0.25, 0.3) is 6.08 Å². The van der Waals surface area contributed by atoms with E-state index in [0.29, 0.717) is 25.7 Å². The molecule has 2 rings (SSSR count). The van der Waals surface area contributed by atoms with Gasteiger partial charge in [-0.1, -0.05) is 42.0 Å². The molecular weight excluding hydrogens is 212 g/mol. The predicted molar refractivity (Wildman–Crippen MR) is 68.6 cm³/mol. The first-order valence-corrected chi connectivity index (χ1v) is 6.07. The Morgan fingerprint density at radius 2 is 2.00 bits per heavy atom. The third-order valence-electron chi connectivity index (χ3n) is 3.30. The molecule has 0 radical (unpaired) electrons.